The third-order valence-corrected chi connectivity index (χ3v) is 7.28. The zero-order chi connectivity index (χ0) is 19.4. The molecule has 1 aromatic carbocycles. The van der Waals surface area contributed by atoms with Gasteiger partial charge < -0.3 is 9.64 Å². The fraction of sp³-hybridized carbons (Fsp3) is 0.632. The highest BCUT2D eigenvalue weighted by Crippen LogP contribution is 2.31. The number of methoxy groups -OCH3 is 1. The Labute approximate surface area is 160 Å². The van der Waals surface area contributed by atoms with Crippen LogP contribution < -0.4 is 4.74 Å². The topological polar surface area (TPSA) is 66.9 Å². The average molecular weight is 399 g/mol. The first-order chi connectivity index (χ1) is 12.9. The molecule has 150 valence electrons. The second-order valence-corrected chi connectivity index (χ2v) is 9.14. The van der Waals surface area contributed by atoms with Gasteiger partial charge in [0.15, 0.2) is 0 Å². The van der Waals surface area contributed by atoms with Gasteiger partial charge >= 0.3 is 0 Å². The molecule has 0 unspecified atom stereocenters. The molecule has 0 radical (unpaired) electrons. The molecule has 2 aliphatic rings. The molecule has 1 amide bonds. The number of sulfonamides is 1. The smallest absolute Gasteiger partial charge is 0.246 e. The molecule has 0 aromatic heterocycles. The van der Waals surface area contributed by atoms with Crippen LogP contribution in [0, 0.1) is 11.7 Å². The highest BCUT2D eigenvalue weighted by atomic mass is 32.2. The van der Waals surface area contributed by atoms with Crippen molar-refractivity contribution in [2.45, 2.75) is 43.4 Å². The summed E-state index contributed by atoms with van der Waals surface area (Å²) in [5.41, 5.74) is 0. The zero-order valence-corrected chi connectivity index (χ0v) is 16.5. The van der Waals surface area contributed by atoms with E-state index in [1.54, 1.807) is 0 Å². The standard InChI is InChI=1S/C19H27FN2O4S/c1-26-17-9-8-16(20)13-18(17)27(24,25)22-12-6-7-15(14-22)19(23)21-10-4-2-3-5-11-21/h8-9,13,15H,2-7,10-12,14H2,1H3/t15-/m0/s1. The van der Waals surface area contributed by atoms with Crippen LogP contribution in [-0.4, -0.2) is 56.8 Å². The second kappa shape index (κ2) is 8.56. The van der Waals surface area contributed by atoms with Gasteiger partial charge in [0.25, 0.3) is 0 Å². The van der Waals surface area contributed by atoms with E-state index in [0.717, 1.165) is 44.8 Å². The van der Waals surface area contributed by atoms with Crippen LogP contribution in [0.3, 0.4) is 0 Å². The van der Waals surface area contributed by atoms with Gasteiger partial charge in [0.2, 0.25) is 15.9 Å². The lowest BCUT2D eigenvalue weighted by molar-refractivity contribution is -0.136. The largest absolute Gasteiger partial charge is 0.495 e. The van der Waals surface area contributed by atoms with E-state index in [0.29, 0.717) is 19.4 Å². The predicted molar refractivity (Wildman–Crippen MR) is 99.5 cm³/mol. The van der Waals surface area contributed by atoms with Crippen molar-refractivity contribution in [1.29, 1.82) is 0 Å². The Morgan fingerprint density at radius 2 is 1.81 bits per heavy atom. The molecule has 2 fully saturated rings. The number of likely N-dealkylation sites (tertiary alicyclic amines) is 1. The van der Waals surface area contributed by atoms with E-state index in [1.165, 1.54) is 23.5 Å². The first-order valence-corrected chi connectivity index (χ1v) is 11.0. The number of nitrogens with zero attached hydrogens (tertiary/aromatic N) is 2. The van der Waals surface area contributed by atoms with Gasteiger partial charge in [-0.2, -0.15) is 4.31 Å². The Hall–Kier alpha value is -1.67. The number of hydrogen-bond acceptors (Lipinski definition) is 4. The molecular weight excluding hydrogens is 371 g/mol. The van der Waals surface area contributed by atoms with E-state index < -0.39 is 15.8 Å². The number of piperidine rings is 1. The molecule has 2 saturated heterocycles. The van der Waals surface area contributed by atoms with Crippen molar-refractivity contribution in [3.8, 4) is 5.75 Å². The van der Waals surface area contributed by atoms with Crippen LogP contribution in [-0.2, 0) is 14.8 Å². The summed E-state index contributed by atoms with van der Waals surface area (Å²) >= 11 is 0. The lowest BCUT2D eigenvalue weighted by Gasteiger charge is -2.34. The van der Waals surface area contributed by atoms with E-state index in [1.807, 2.05) is 4.90 Å². The van der Waals surface area contributed by atoms with E-state index in [4.69, 9.17) is 4.74 Å². The third-order valence-electron chi connectivity index (χ3n) is 5.39. The van der Waals surface area contributed by atoms with E-state index in [2.05, 4.69) is 0 Å². The highest BCUT2D eigenvalue weighted by Gasteiger charge is 2.36. The Kier molecular flexibility index (Phi) is 6.37. The van der Waals surface area contributed by atoms with Crippen molar-refractivity contribution < 1.29 is 22.3 Å². The van der Waals surface area contributed by atoms with Gasteiger partial charge in [-0.1, -0.05) is 12.8 Å². The molecule has 6 nitrogen and oxygen atoms in total. The minimum atomic E-state index is -3.93. The Morgan fingerprint density at radius 3 is 2.48 bits per heavy atom. The highest BCUT2D eigenvalue weighted by molar-refractivity contribution is 7.89. The normalized spacial score (nSPS) is 22.3. The van der Waals surface area contributed by atoms with E-state index in [9.17, 15) is 17.6 Å². The maximum absolute atomic E-state index is 13.7. The molecule has 8 heteroatoms. The average Bonchev–Trinajstić information content (AvgIpc) is 2.97. The van der Waals surface area contributed by atoms with Crippen molar-refractivity contribution in [3.63, 3.8) is 0 Å². The first-order valence-electron chi connectivity index (χ1n) is 9.56. The molecule has 0 N–H and O–H groups in total. The van der Waals surface area contributed by atoms with Gasteiger partial charge in [-0.3, -0.25) is 4.79 Å². The number of amides is 1. The van der Waals surface area contributed by atoms with Gasteiger partial charge in [0.1, 0.15) is 16.5 Å². The quantitative estimate of drug-likeness (QED) is 0.782. The number of benzene rings is 1. The molecule has 3 rings (SSSR count). The number of rotatable bonds is 4. The van der Waals surface area contributed by atoms with Crippen molar-refractivity contribution >= 4 is 15.9 Å². The second-order valence-electron chi connectivity index (χ2n) is 7.24. The lowest BCUT2D eigenvalue weighted by atomic mass is 9.98. The van der Waals surface area contributed by atoms with Gasteiger partial charge in [-0.25, -0.2) is 12.8 Å². The first kappa shape index (κ1) is 20.1. The van der Waals surface area contributed by atoms with E-state index in [-0.39, 0.29) is 29.0 Å². The molecule has 2 aliphatic heterocycles. The van der Waals surface area contributed by atoms with Crippen LogP contribution in [0.1, 0.15) is 38.5 Å². The van der Waals surface area contributed by atoms with Crippen LogP contribution in [0.15, 0.2) is 23.1 Å². The summed E-state index contributed by atoms with van der Waals surface area (Å²) < 4.78 is 46.2. The number of carbonyl (C=O) groups is 1. The maximum atomic E-state index is 13.7. The van der Waals surface area contributed by atoms with Crippen LogP contribution >= 0.6 is 0 Å². The van der Waals surface area contributed by atoms with Crippen molar-refractivity contribution in [1.82, 2.24) is 9.21 Å². The maximum Gasteiger partial charge on any atom is 0.246 e. The summed E-state index contributed by atoms with van der Waals surface area (Å²) in [5.74, 6) is -0.824. The van der Waals surface area contributed by atoms with Gasteiger partial charge in [-0.15, -0.1) is 0 Å². The summed E-state index contributed by atoms with van der Waals surface area (Å²) in [6, 6.07) is 3.46. The molecule has 0 aliphatic carbocycles. The lowest BCUT2D eigenvalue weighted by Crippen LogP contribution is -2.47. The molecule has 2 heterocycles. The minimum absolute atomic E-state index is 0.0445. The summed E-state index contributed by atoms with van der Waals surface area (Å²) in [6.45, 7) is 1.96. The molecule has 0 saturated carbocycles. The third kappa shape index (κ3) is 4.43. The Morgan fingerprint density at radius 1 is 1.11 bits per heavy atom. The predicted octanol–water partition coefficient (Wildman–Crippen LogP) is 2.64. The molecule has 0 bridgehead atoms. The zero-order valence-electron chi connectivity index (χ0n) is 15.7. The fourth-order valence-electron chi connectivity index (χ4n) is 3.90. The summed E-state index contributed by atoms with van der Waals surface area (Å²) in [4.78, 5) is 14.6. The van der Waals surface area contributed by atoms with Crippen molar-refractivity contribution in [2.24, 2.45) is 5.92 Å². The van der Waals surface area contributed by atoms with Crippen LogP contribution in [0.25, 0.3) is 0 Å². The van der Waals surface area contributed by atoms with Crippen LogP contribution in [0.2, 0.25) is 0 Å². The molecule has 27 heavy (non-hydrogen) atoms. The Balaban J connectivity index is 1.79. The van der Waals surface area contributed by atoms with Crippen LogP contribution in [0.4, 0.5) is 4.39 Å². The SMILES string of the molecule is COc1ccc(F)cc1S(=O)(=O)N1CCC[C@H](C(=O)N2CCCCCC2)C1. The summed E-state index contributed by atoms with van der Waals surface area (Å²) in [7, 11) is -2.58. The molecular formula is C19H27FN2O4S. The van der Waals surface area contributed by atoms with E-state index >= 15 is 0 Å². The molecule has 1 atom stereocenters. The fourth-order valence-corrected chi connectivity index (χ4v) is 5.59. The number of hydrogen-bond donors (Lipinski definition) is 0. The minimum Gasteiger partial charge on any atom is -0.495 e. The van der Waals surface area contributed by atoms with Gasteiger partial charge in [0, 0.05) is 26.2 Å². The molecule has 1 aromatic rings. The summed E-state index contributed by atoms with van der Waals surface area (Å²) in [6.07, 6.45) is 5.56. The van der Waals surface area contributed by atoms with Crippen molar-refractivity contribution in [2.75, 3.05) is 33.3 Å². The van der Waals surface area contributed by atoms with Gasteiger partial charge in [0.05, 0.1) is 13.0 Å². The van der Waals surface area contributed by atoms with Crippen molar-refractivity contribution in [3.05, 3.63) is 24.0 Å². The van der Waals surface area contributed by atoms with Gasteiger partial charge in [-0.05, 0) is 43.9 Å². The number of ether oxygens (including phenoxy) is 1. The van der Waals surface area contributed by atoms with Crippen LogP contribution in [0.5, 0.6) is 5.75 Å². The molecule has 0 spiro atoms. The Bertz CT molecular complexity index is 776. The monoisotopic (exact) mass is 398 g/mol. The summed E-state index contributed by atoms with van der Waals surface area (Å²) in [5, 5.41) is 0. The number of halogens is 1. The number of carbonyl (C=O) groups excluding carboxylic acids is 1.